The Balaban J connectivity index is 2.05. The molecule has 0 spiro atoms. The highest BCUT2D eigenvalue weighted by Crippen LogP contribution is 2.24. The molecule has 0 saturated heterocycles. The lowest BCUT2D eigenvalue weighted by atomic mass is 9.89. The summed E-state index contributed by atoms with van der Waals surface area (Å²) in [7, 11) is 0. The molecule has 0 bridgehead atoms. The molecule has 1 rings (SSSR count). The minimum Gasteiger partial charge on any atom is -0.385 e. The number of hydrogen-bond donors (Lipinski definition) is 2. The fourth-order valence-electron chi connectivity index (χ4n) is 2.86. The topological polar surface area (TPSA) is 74.6 Å². The fraction of sp³-hybridized carbons (Fsp3) is 0.778. The highest BCUT2D eigenvalue weighted by atomic mass is 16.4. The van der Waals surface area contributed by atoms with Gasteiger partial charge in [-0.25, -0.2) is 0 Å². The largest absolute Gasteiger partial charge is 0.385 e. The van der Waals surface area contributed by atoms with E-state index in [4.69, 9.17) is 0 Å². The normalized spacial score (nSPS) is 24.1. The van der Waals surface area contributed by atoms with Crippen LogP contribution in [-0.2, 0) is 9.59 Å². The van der Waals surface area contributed by atoms with E-state index in [1.807, 2.05) is 0 Å². The Bertz CT molecular complexity index is 389. The van der Waals surface area contributed by atoms with Gasteiger partial charge in [-0.15, -0.1) is 0 Å². The van der Waals surface area contributed by atoms with E-state index >= 15 is 0 Å². The van der Waals surface area contributed by atoms with E-state index in [0.717, 1.165) is 18.9 Å². The van der Waals surface area contributed by atoms with Gasteiger partial charge in [0.2, 0.25) is 5.60 Å². The molecule has 2 N–H and O–H groups in total. The SMILES string of the molecule is CCCCCCCCCCCCC(=O)[C@]1(O)C(=O)C=C[C@H]1O. The number of Topliss-reactive ketones (excluding diaryl/α,β-unsaturated/α-hetero) is 1. The van der Waals surface area contributed by atoms with Crippen molar-refractivity contribution in [3.05, 3.63) is 12.2 Å². The molecule has 0 saturated carbocycles. The Morgan fingerprint density at radius 1 is 1.05 bits per heavy atom. The molecule has 0 aromatic rings. The summed E-state index contributed by atoms with van der Waals surface area (Å²) >= 11 is 0. The van der Waals surface area contributed by atoms with Crippen molar-refractivity contribution in [2.24, 2.45) is 0 Å². The maximum absolute atomic E-state index is 12.0. The van der Waals surface area contributed by atoms with Crippen molar-refractivity contribution in [1.29, 1.82) is 0 Å². The molecule has 4 heteroatoms. The van der Waals surface area contributed by atoms with Crippen molar-refractivity contribution < 1.29 is 19.8 Å². The molecule has 0 aromatic heterocycles. The van der Waals surface area contributed by atoms with Crippen LogP contribution in [0, 0.1) is 0 Å². The Kier molecular flexibility index (Phi) is 8.57. The van der Waals surface area contributed by atoms with Crippen LogP contribution in [-0.4, -0.2) is 33.5 Å². The number of unbranched alkanes of at least 4 members (excludes halogenated alkanes) is 9. The van der Waals surface area contributed by atoms with Crippen molar-refractivity contribution in [3.63, 3.8) is 0 Å². The second kappa shape index (κ2) is 9.90. The van der Waals surface area contributed by atoms with Gasteiger partial charge in [0, 0.05) is 6.42 Å². The van der Waals surface area contributed by atoms with Gasteiger partial charge in [0.15, 0.2) is 11.6 Å². The van der Waals surface area contributed by atoms with Gasteiger partial charge < -0.3 is 10.2 Å². The van der Waals surface area contributed by atoms with Crippen LogP contribution in [0.5, 0.6) is 0 Å². The summed E-state index contributed by atoms with van der Waals surface area (Å²) in [4.78, 5) is 23.5. The van der Waals surface area contributed by atoms with Crippen LogP contribution < -0.4 is 0 Å². The van der Waals surface area contributed by atoms with Gasteiger partial charge in [-0.05, 0) is 18.6 Å². The Labute approximate surface area is 133 Å². The van der Waals surface area contributed by atoms with Gasteiger partial charge in [0.25, 0.3) is 0 Å². The summed E-state index contributed by atoms with van der Waals surface area (Å²) in [6.45, 7) is 2.21. The molecule has 4 nitrogen and oxygen atoms in total. The molecular formula is C18H30O4. The number of ketones is 2. The fourth-order valence-corrected chi connectivity index (χ4v) is 2.86. The predicted molar refractivity (Wildman–Crippen MR) is 86.6 cm³/mol. The van der Waals surface area contributed by atoms with E-state index in [1.165, 1.54) is 51.0 Å². The van der Waals surface area contributed by atoms with Crippen LogP contribution in [0.3, 0.4) is 0 Å². The van der Waals surface area contributed by atoms with Gasteiger partial charge in [-0.1, -0.05) is 64.7 Å². The number of carbonyl (C=O) groups is 2. The van der Waals surface area contributed by atoms with E-state index in [9.17, 15) is 19.8 Å². The average molecular weight is 310 g/mol. The average Bonchev–Trinajstić information content (AvgIpc) is 2.77. The van der Waals surface area contributed by atoms with Gasteiger partial charge in [0.1, 0.15) is 6.10 Å². The highest BCUT2D eigenvalue weighted by molar-refractivity contribution is 6.17. The van der Waals surface area contributed by atoms with E-state index in [0.29, 0.717) is 6.42 Å². The zero-order valence-corrected chi connectivity index (χ0v) is 13.7. The van der Waals surface area contributed by atoms with E-state index in [1.54, 1.807) is 0 Å². The summed E-state index contributed by atoms with van der Waals surface area (Å²) < 4.78 is 0. The van der Waals surface area contributed by atoms with Crippen molar-refractivity contribution >= 4 is 11.6 Å². The molecule has 0 aromatic carbocycles. The van der Waals surface area contributed by atoms with Gasteiger partial charge in [-0.2, -0.15) is 0 Å². The molecule has 0 aliphatic heterocycles. The summed E-state index contributed by atoms with van der Waals surface area (Å²) in [6.07, 6.45) is 12.6. The summed E-state index contributed by atoms with van der Waals surface area (Å²) in [5, 5.41) is 19.6. The summed E-state index contributed by atoms with van der Waals surface area (Å²) in [5.41, 5.74) is -2.22. The monoisotopic (exact) mass is 310 g/mol. The molecule has 0 fully saturated rings. The molecule has 1 aliphatic carbocycles. The van der Waals surface area contributed by atoms with Crippen molar-refractivity contribution in [2.75, 3.05) is 0 Å². The Morgan fingerprint density at radius 3 is 2.00 bits per heavy atom. The number of carbonyl (C=O) groups excluding carboxylic acids is 2. The lowest BCUT2D eigenvalue weighted by Gasteiger charge is -2.23. The van der Waals surface area contributed by atoms with Gasteiger partial charge in [0.05, 0.1) is 0 Å². The summed E-state index contributed by atoms with van der Waals surface area (Å²) in [5.74, 6) is -1.26. The quantitative estimate of drug-likeness (QED) is 0.429. The zero-order chi connectivity index (χ0) is 16.4. The van der Waals surface area contributed by atoms with Crippen LogP contribution in [0.1, 0.15) is 77.6 Å². The number of rotatable bonds is 12. The van der Waals surface area contributed by atoms with Crippen LogP contribution in [0.25, 0.3) is 0 Å². The van der Waals surface area contributed by atoms with Crippen molar-refractivity contribution in [3.8, 4) is 0 Å². The predicted octanol–water partition coefficient (Wildman–Crippen LogP) is 3.10. The van der Waals surface area contributed by atoms with E-state index in [2.05, 4.69) is 6.92 Å². The van der Waals surface area contributed by atoms with Crippen LogP contribution in [0.4, 0.5) is 0 Å². The first kappa shape index (κ1) is 19.0. The Hall–Kier alpha value is -1.00. The third-order valence-corrected chi connectivity index (χ3v) is 4.42. The summed E-state index contributed by atoms with van der Waals surface area (Å²) in [6, 6.07) is 0. The van der Waals surface area contributed by atoms with Crippen LogP contribution in [0.2, 0.25) is 0 Å². The molecule has 0 unspecified atom stereocenters. The maximum Gasteiger partial charge on any atom is 0.215 e. The number of hydrogen-bond acceptors (Lipinski definition) is 4. The number of aliphatic hydroxyl groups excluding tert-OH is 1. The van der Waals surface area contributed by atoms with Crippen molar-refractivity contribution in [2.45, 2.75) is 89.3 Å². The first-order chi connectivity index (χ1) is 10.5. The molecule has 0 amide bonds. The first-order valence-corrected chi connectivity index (χ1v) is 8.69. The first-order valence-electron chi connectivity index (χ1n) is 8.69. The zero-order valence-electron chi connectivity index (χ0n) is 13.7. The molecule has 126 valence electrons. The van der Waals surface area contributed by atoms with E-state index in [-0.39, 0.29) is 6.42 Å². The molecule has 2 atom stereocenters. The lowest BCUT2D eigenvalue weighted by molar-refractivity contribution is -0.154. The second-order valence-corrected chi connectivity index (χ2v) is 6.29. The van der Waals surface area contributed by atoms with Crippen LogP contribution >= 0.6 is 0 Å². The Morgan fingerprint density at radius 2 is 1.55 bits per heavy atom. The minimum absolute atomic E-state index is 0.150. The maximum atomic E-state index is 12.0. The van der Waals surface area contributed by atoms with Crippen LogP contribution in [0.15, 0.2) is 12.2 Å². The lowest BCUT2D eigenvalue weighted by Crippen LogP contribution is -2.51. The third kappa shape index (κ3) is 5.33. The van der Waals surface area contributed by atoms with E-state index < -0.39 is 23.3 Å². The van der Waals surface area contributed by atoms with Gasteiger partial charge >= 0.3 is 0 Å². The molecule has 0 radical (unpaired) electrons. The van der Waals surface area contributed by atoms with Crippen molar-refractivity contribution in [1.82, 2.24) is 0 Å². The van der Waals surface area contributed by atoms with Gasteiger partial charge in [-0.3, -0.25) is 9.59 Å². The smallest absolute Gasteiger partial charge is 0.215 e. The molecule has 22 heavy (non-hydrogen) atoms. The third-order valence-electron chi connectivity index (χ3n) is 4.42. The minimum atomic E-state index is -2.22. The highest BCUT2D eigenvalue weighted by Gasteiger charge is 2.50. The number of aliphatic hydroxyl groups is 2. The molecule has 1 aliphatic rings. The second-order valence-electron chi connectivity index (χ2n) is 6.29. The molecule has 0 heterocycles. The molecular weight excluding hydrogens is 280 g/mol. The standard InChI is InChI=1S/C18H30O4/c1-2-3-4-5-6-7-8-9-10-11-12-15(19)18(22)16(20)13-14-17(18)21/h13-14,16,20,22H,2-12H2,1H3/t16-,18-/m1/s1.